The van der Waals surface area contributed by atoms with Crippen molar-refractivity contribution in [2.24, 2.45) is 0 Å². The molecule has 0 saturated carbocycles. The highest BCUT2D eigenvalue weighted by Gasteiger charge is 2.25. The number of nitrogens with zero attached hydrogens (tertiary/aromatic N) is 2. The summed E-state index contributed by atoms with van der Waals surface area (Å²) in [6.07, 6.45) is 5.40. The van der Waals surface area contributed by atoms with E-state index in [9.17, 15) is 38.5 Å². The van der Waals surface area contributed by atoms with E-state index in [2.05, 4.69) is 5.32 Å². The Balaban J connectivity index is 0.000000236. The predicted molar refractivity (Wildman–Crippen MR) is 209 cm³/mol. The zero-order chi connectivity index (χ0) is 38.6. The maximum atomic E-state index is 13.3. The third-order valence-corrected chi connectivity index (χ3v) is 13.4. The van der Waals surface area contributed by atoms with Crippen molar-refractivity contribution in [1.29, 1.82) is 0 Å². The van der Waals surface area contributed by atoms with Crippen molar-refractivity contribution in [3.05, 3.63) is 145 Å². The molecule has 0 aliphatic rings. The van der Waals surface area contributed by atoms with Gasteiger partial charge in [0.05, 0.1) is 31.0 Å². The van der Waals surface area contributed by atoms with Gasteiger partial charge in [-0.25, -0.2) is 41.6 Å². The second-order valence-electron chi connectivity index (χ2n) is 11.9. The van der Waals surface area contributed by atoms with Crippen LogP contribution < -0.4 is 5.32 Å². The topological polar surface area (TPSA) is 176 Å². The summed E-state index contributed by atoms with van der Waals surface area (Å²) in [5, 5.41) is 3.01. The molecule has 4 aromatic carbocycles. The van der Waals surface area contributed by atoms with Crippen LogP contribution in [0.3, 0.4) is 0 Å². The highest BCUT2D eigenvalue weighted by Crippen LogP contribution is 2.29. The van der Waals surface area contributed by atoms with Gasteiger partial charge in [0.1, 0.15) is 0 Å². The molecule has 0 radical (unpaired) electrons. The van der Waals surface area contributed by atoms with Crippen LogP contribution in [-0.2, 0) is 46.3 Å². The number of aromatic nitrogens is 2. The monoisotopic (exact) mass is 829 g/mol. The first-order chi connectivity index (χ1) is 25.0. The number of hydrogen-bond donors (Lipinski definition) is 1. The number of aldehydes is 1. The van der Waals surface area contributed by atoms with Crippen LogP contribution in [0, 0.1) is 0 Å². The van der Waals surface area contributed by atoms with Crippen LogP contribution in [0.15, 0.2) is 153 Å². The van der Waals surface area contributed by atoms with E-state index in [-0.39, 0.29) is 37.6 Å². The Morgan fingerprint density at radius 1 is 0.537 bits per heavy atom. The predicted octanol–water partition coefficient (Wildman–Crippen LogP) is 5.54. The van der Waals surface area contributed by atoms with E-state index in [1.165, 1.54) is 58.7 Å². The fraction of sp³-hybridized carbons (Fsp3) is 0.108. The number of benzene rings is 4. The van der Waals surface area contributed by atoms with Crippen molar-refractivity contribution in [3.63, 3.8) is 0 Å². The molecule has 6 aromatic rings. The fourth-order valence-electron chi connectivity index (χ4n) is 5.32. The Bertz CT molecular complexity index is 2730. The first-order valence-corrected chi connectivity index (χ1v) is 22.4. The number of nitrogens with one attached hydrogen (secondary N) is 1. The average molecular weight is 830 g/mol. The van der Waals surface area contributed by atoms with Crippen LogP contribution in [0.2, 0.25) is 0 Å². The Kier molecular flexibility index (Phi) is 12.9. The molecule has 0 fully saturated rings. The quantitative estimate of drug-likeness (QED) is 0.163. The lowest BCUT2D eigenvalue weighted by Crippen LogP contribution is -2.14. The van der Waals surface area contributed by atoms with Crippen molar-refractivity contribution >= 4 is 58.4 Å². The summed E-state index contributed by atoms with van der Waals surface area (Å²) in [4.78, 5) is 10.8. The molecule has 284 valence electrons. The second-order valence-corrected chi connectivity index (χ2v) is 19.5. The largest absolute Gasteiger partial charge is 0.316 e. The van der Waals surface area contributed by atoms with Gasteiger partial charge in [-0.1, -0.05) is 72.8 Å². The molecule has 54 heavy (non-hydrogen) atoms. The third-order valence-electron chi connectivity index (χ3n) is 7.89. The molecule has 0 saturated heterocycles. The molecule has 2 aromatic heterocycles. The maximum absolute atomic E-state index is 13.3. The molecular formula is C37H36ClN3O9S4. The number of halogens is 1. The fourth-order valence-corrected chi connectivity index (χ4v) is 9.68. The molecule has 0 amide bonds. The standard InChI is InChI=1S/C19H20N2O4S2.C18H15NO5S2.ClH/c1-20-13-15-11-19(16-7-4-3-5-8-16)21(14-15)27(24,25)18-10-6-9-17(12-18)26(2,22)23;1-25(21,22)16-8-5-9-17(11-16)26(23,24)19-12-14(13-20)10-18(19)15-6-3-2-4-7-15;/h3-12,14,20H,13H2,1-2H3;2-13H,1H3;1H. The van der Waals surface area contributed by atoms with E-state index in [1.807, 2.05) is 36.4 Å². The summed E-state index contributed by atoms with van der Waals surface area (Å²) >= 11 is 0. The van der Waals surface area contributed by atoms with Crippen LogP contribution in [0.5, 0.6) is 0 Å². The minimum Gasteiger partial charge on any atom is -0.316 e. The zero-order valence-corrected chi connectivity index (χ0v) is 33.2. The van der Waals surface area contributed by atoms with Crippen LogP contribution in [0.25, 0.3) is 22.5 Å². The van der Waals surface area contributed by atoms with E-state index in [0.717, 1.165) is 33.7 Å². The smallest absolute Gasteiger partial charge is 0.268 e. The molecule has 0 bridgehead atoms. The average Bonchev–Trinajstić information content (AvgIpc) is 3.79. The summed E-state index contributed by atoms with van der Waals surface area (Å²) in [7, 11) is -13.4. The lowest BCUT2D eigenvalue weighted by molar-refractivity contribution is 0.112. The van der Waals surface area contributed by atoms with Gasteiger partial charge in [0.2, 0.25) is 0 Å². The number of carbonyl (C=O) groups excluding carboxylic acids is 1. The van der Waals surface area contributed by atoms with Crippen molar-refractivity contribution in [2.75, 3.05) is 19.6 Å². The highest BCUT2D eigenvalue weighted by atomic mass is 35.5. The maximum Gasteiger partial charge on any atom is 0.268 e. The summed E-state index contributed by atoms with van der Waals surface area (Å²) in [5.74, 6) is 0. The summed E-state index contributed by atoms with van der Waals surface area (Å²) < 4.78 is 102. The Labute approximate surface area is 321 Å². The van der Waals surface area contributed by atoms with E-state index in [4.69, 9.17) is 0 Å². The van der Waals surface area contributed by atoms with Crippen molar-refractivity contribution in [1.82, 2.24) is 13.3 Å². The minimum atomic E-state index is -4.10. The molecule has 12 nitrogen and oxygen atoms in total. The van der Waals surface area contributed by atoms with E-state index < -0.39 is 39.7 Å². The van der Waals surface area contributed by atoms with Crippen LogP contribution in [0.4, 0.5) is 0 Å². The molecule has 2 heterocycles. The number of sulfone groups is 2. The van der Waals surface area contributed by atoms with E-state index >= 15 is 0 Å². The van der Waals surface area contributed by atoms with Gasteiger partial charge < -0.3 is 5.32 Å². The van der Waals surface area contributed by atoms with E-state index in [0.29, 0.717) is 29.8 Å². The molecule has 0 aliphatic carbocycles. The molecule has 17 heteroatoms. The Morgan fingerprint density at radius 3 is 1.35 bits per heavy atom. The zero-order valence-electron chi connectivity index (χ0n) is 29.1. The van der Waals surface area contributed by atoms with Crippen LogP contribution >= 0.6 is 12.4 Å². The van der Waals surface area contributed by atoms with Gasteiger partial charge in [-0.3, -0.25) is 4.79 Å². The van der Waals surface area contributed by atoms with Gasteiger partial charge in [-0.05, 0) is 72.3 Å². The molecule has 0 spiro atoms. The molecule has 1 N–H and O–H groups in total. The molecule has 0 atom stereocenters. The second kappa shape index (κ2) is 16.7. The number of carbonyl (C=O) groups is 1. The SMILES string of the molecule is CNCc1cc(-c2ccccc2)n(S(=O)(=O)c2cccc(S(C)(=O)=O)c2)c1.CS(=O)(=O)c1cccc(S(=O)(=O)n2cc(C=O)cc2-c2ccccc2)c1.Cl. The lowest BCUT2D eigenvalue weighted by Gasteiger charge is -2.11. The number of rotatable bonds is 11. The van der Waals surface area contributed by atoms with Gasteiger partial charge in [-0.2, -0.15) is 0 Å². The normalized spacial score (nSPS) is 11.9. The van der Waals surface area contributed by atoms with Gasteiger partial charge >= 0.3 is 0 Å². The van der Waals surface area contributed by atoms with Crippen LogP contribution in [-0.4, -0.2) is 67.5 Å². The molecule has 0 aliphatic heterocycles. The lowest BCUT2D eigenvalue weighted by atomic mass is 10.1. The first-order valence-electron chi connectivity index (χ1n) is 15.7. The minimum absolute atomic E-state index is 0. The van der Waals surface area contributed by atoms with Crippen LogP contribution in [0.1, 0.15) is 15.9 Å². The first kappa shape index (κ1) is 41.9. The van der Waals surface area contributed by atoms with Crippen molar-refractivity contribution < 1.29 is 38.5 Å². The van der Waals surface area contributed by atoms with Crippen molar-refractivity contribution in [3.8, 4) is 22.5 Å². The summed E-state index contributed by atoms with van der Waals surface area (Å²) in [6.45, 7) is 0.506. The summed E-state index contributed by atoms with van der Waals surface area (Å²) in [6, 6.07) is 31.8. The Morgan fingerprint density at radius 2 is 0.944 bits per heavy atom. The summed E-state index contributed by atoms with van der Waals surface area (Å²) in [5.41, 5.74) is 3.21. The number of hydrogen-bond acceptors (Lipinski definition) is 10. The van der Waals surface area contributed by atoms with Crippen molar-refractivity contribution in [2.45, 2.75) is 26.1 Å². The molecule has 6 rings (SSSR count). The van der Waals surface area contributed by atoms with Gasteiger partial charge in [0, 0.05) is 37.0 Å². The molecule has 0 unspecified atom stereocenters. The van der Waals surface area contributed by atoms with E-state index in [1.54, 1.807) is 43.6 Å². The van der Waals surface area contributed by atoms with Gasteiger partial charge in [0.15, 0.2) is 26.0 Å². The van der Waals surface area contributed by atoms with Gasteiger partial charge in [-0.15, -0.1) is 12.4 Å². The third kappa shape index (κ3) is 9.26. The van der Waals surface area contributed by atoms with Gasteiger partial charge in [0.25, 0.3) is 20.0 Å². The molecular weight excluding hydrogens is 794 g/mol. The Hall–Kier alpha value is -4.84. The highest BCUT2D eigenvalue weighted by molar-refractivity contribution is 7.91.